The molecule has 1 aromatic heterocycles. The number of hydrogen-bond donors (Lipinski definition) is 1. The molecule has 1 fully saturated rings. The van der Waals surface area contributed by atoms with Crippen LogP contribution in [0.4, 0.5) is 0 Å². The van der Waals surface area contributed by atoms with Crippen molar-refractivity contribution in [3.63, 3.8) is 0 Å². The minimum Gasteiger partial charge on any atom is -0.481 e. The molecule has 0 atom stereocenters. The Morgan fingerprint density at radius 3 is 2.44 bits per heavy atom. The van der Waals surface area contributed by atoms with Crippen molar-refractivity contribution in [1.29, 1.82) is 0 Å². The summed E-state index contributed by atoms with van der Waals surface area (Å²) < 4.78 is 5.42. The molecule has 0 unspecified atom stereocenters. The molecular weight excluding hydrogens is 318 g/mol. The van der Waals surface area contributed by atoms with E-state index in [2.05, 4.69) is 0 Å². The van der Waals surface area contributed by atoms with Gasteiger partial charge in [0, 0.05) is 19.5 Å². The number of piperidine rings is 1. The predicted molar refractivity (Wildman–Crippen MR) is 93.6 cm³/mol. The van der Waals surface area contributed by atoms with Gasteiger partial charge >= 0.3 is 5.97 Å². The Kier molecular flexibility index (Phi) is 4.93. The zero-order valence-electron chi connectivity index (χ0n) is 14.4. The predicted octanol–water partition coefficient (Wildman–Crippen LogP) is 3.49. The molecule has 2 heterocycles. The van der Waals surface area contributed by atoms with Gasteiger partial charge in [-0.2, -0.15) is 0 Å². The van der Waals surface area contributed by atoms with Gasteiger partial charge < -0.3 is 14.4 Å². The molecule has 0 aliphatic carbocycles. The molecule has 1 aliphatic heterocycles. The average Bonchev–Trinajstić information content (AvgIpc) is 3.10. The Bertz CT molecular complexity index is 742. The molecule has 132 valence electrons. The van der Waals surface area contributed by atoms with Crippen molar-refractivity contribution in [3.8, 4) is 0 Å². The summed E-state index contributed by atoms with van der Waals surface area (Å²) in [5.74, 6) is -0.171. The van der Waals surface area contributed by atoms with Gasteiger partial charge in [0.2, 0.25) is 0 Å². The van der Waals surface area contributed by atoms with E-state index in [1.54, 1.807) is 17.2 Å². The van der Waals surface area contributed by atoms with Crippen LogP contribution in [0.1, 0.15) is 47.9 Å². The number of carbonyl (C=O) groups excluding carboxylic acids is 1. The Hall–Kier alpha value is -2.56. The van der Waals surface area contributed by atoms with Crippen molar-refractivity contribution < 1.29 is 19.1 Å². The van der Waals surface area contributed by atoms with E-state index in [4.69, 9.17) is 4.42 Å². The Morgan fingerprint density at radius 1 is 1.16 bits per heavy atom. The summed E-state index contributed by atoms with van der Waals surface area (Å²) in [5.41, 5.74) is 0.495. The number of carbonyl (C=O) groups is 2. The number of aliphatic carboxylic acids is 1. The fraction of sp³-hybridized carbons (Fsp3) is 0.400. The minimum atomic E-state index is -0.916. The van der Waals surface area contributed by atoms with E-state index in [9.17, 15) is 14.7 Å². The van der Waals surface area contributed by atoms with Crippen molar-refractivity contribution in [2.45, 2.75) is 38.0 Å². The second kappa shape index (κ2) is 7.13. The number of carboxylic acid groups (broad SMARTS) is 1. The zero-order valence-corrected chi connectivity index (χ0v) is 14.4. The van der Waals surface area contributed by atoms with Gasteiger partial charge in [-0.3, -0.25) is 9.59 Å². The van der Waals surface area contributed by atoms with Gasteiger partial charge in [-0.05, 0) is 30.9 Å². The molecule has 1 N–H and O–H groups in total. The highest BCUT2D eigenvalue weighted by atomic mass is 16.4. The number of hydrogen-bond acceptors (Lipinski definition) is 3. The van der Waals surface area contributed by atoms with Crippen LogP contribution in [-0.2, 0) is 16.6 Å². The maximum Gasteiger partial charge on any atom is 0.314 e. The van der Waals surface area contributed by atoms with Gasteiger partial charge in [0.15, 0.2) is 0 Å². The molecule has 2 aromatic rings. The lowest BCUT2D eigenvalue weighted by Crippen LogP contribution is -2.49. The van der Waals surface area contributed by atoms with Crippen LogP contribution < -0.4 is 0 Å². The molecule has 0 spiro atoms. The lowest BCUT2D eigenvalue weighted by molar-refractivity contribution is -0.145. The van der Waals surface area contributed by atoms with Crippen molar-refractivity contribution >= 4 is 11.9 Å². The largest absolute Gasteiger partial charge is 0.481 e. The Morgan fingerprint density at radius 2 is 1.84 bits per heavy atom. The summed E-state index contributed by atoms with van der Waals surface area (Å²) in [7, 11) is 0. The Balaban J connectivity index is 1.77. The van der Waals surface area contributed by atoms with Gasteiger partial charge in [-0.25, -0.2) is 0 Å². The molecule has 25 heavy (non-hydrogen) atoms. The molecule has 5 nitrogen and oxygen atoms in total. The monoisotopic (exact) mass is 341 g/mol. The standard InChI is InChI=1S/C20H23NO4/c1-2-6-17-16(9-14-25-17)18(22)21-12-10-20(11-13-21,19(23)24)15-7-4-3-5-8-15/h3-5,7-9,14H,2,6,10-13H2,1H3,(H,23,24). The SMILES string of the molecule is CCCc1occc1C(=O)N1CCC(C(=O)O)(c2ccccc2)CC1. The summed E-state index contributed by atoms with van der Waals surface area (Å²) >= 11 is 0. The third-order valence-electron chi connectivity index (χ3n) is 5.09. The highest BCUT2D eigenvalue weighted by Gasteiger charge is 2.44. The lowest BCUT2D eigenvalue weighted by atomic mass is 9.72. The molecular formula is C20H23NO4. The highest BCUT2D eigenvalue weighted by molar-refractivity contribution is 5.95. The van der Waals surface area contributed by atoms with Crippen LogP contribution in [0.5, 0.6) is 0 Å². The summed E-state index contributed by atoms with van der Waals surface area (Å²) in [6.45, 7) is 2.90. The van der Waals surface area contributed by atoms with Crippen LogP contribution in [0.2, 0.25) is 0 Å². The summed E-state index contributed by atoms with van der Waals surface area (Å²) in [6.07, 6.45) is 4.01. The number of aryl methyl sites for hydroxylation is 1. The van der Waals surface area contributed by atoms with E-state index in [-0.39, 0.29) is 5.91 Å². The minimum absolute atomic E-state index is 0.0655. The van der Waals surface area contributed by atoms with Crippen LogP contribution >= 0.6 is 0 Å². The van der Waals surface area contributed by atoms with E-state index in [1.807, 2.05) is 37.3 Å². The molecule has 1 aromatic carbocycles. The van der Waals surface area contributed by atoms with Crippen molar-refractivity contribution in [1.82, 2.24) is 4.90 Å². The number of nitrogens with zero attached hydrogens (tertiary/aromatic N) is 1. The lowest BCUT2D eigenvalue weighted by Gasteiger charge is -2.39. The second-order valence-corrected chi connectivity index (χ2v) is 6.55. The smallest absolute Gasteiger partial charge is 0.314 e. The number of furan rings is 1. The third-order valence-corrected chi connectivity index (χ3v) is 5.09. The van der Waals surface area contributed by atoms with E-state index in [0.29, 0.717) is 37.3 Å². The number of benzene rings is 1. The van der Waals surface area contributed by atoms with Gasteiger partial charge in [-0.1, -0.05) is 37.3 Å². The number of rotatable bonds is 5. The molecule has 0 saturated carbocycles. The first kappa shape index (κ1) is 17.3. The van der Waals surface area contributed by atoms with Gasteiger partial charge in [0.1, 0.15) is 5.76 Å². The molecule has 0 bridgehead atoms. The molecule has 3 rings (SSSR count). The first-order chi connectivity index (χ1) is 12.1. The normalized spacial score (nSPS) is 16.6. The van der Waals surface area contributed by atoms with E-state index in [0.717, 1.165) is 18.4 Å². The third kappa shape index (κ3) is 3.18. The van der Waals surface area contributed by atoms with Crippen LogP contribution in [-0.4, -0.2) is 35.0 Å². The second-order valence-electron chi connectivity index (χ2n) is 6.55. The van der Waals surface area contributed by atoms with Gasteiger partial charge in [0.25, 0.3) is 5.91 Å². The average molecular weight is 341 g/mol. The van der Waals surface area contributed by atoms with E-state index >= 15 is 0 Å². The number of amides is 1. The topological polar surface area (TPSA) is 70.8 Å². The zero-order chi connectivity index (χ0) is 17.9. The van der Waals surface area contributed by atoms with Crippen molar-refractivity contribution in [2.75, 3.05) is 13.1 Å². The van der Waals surface area contributed by atoms with Crippen molar-refractivity contribution in [3.05, 3.63) is 59.5 Å². The fourth-order valence-corrected chi connectivity index (χ4v) is 3.60. The van der Waals surface area contributed by atoms with Gasteiger partial charge in [0.05, 0.1) is 17.2 Å². The van der Waals surface area contributed by atoms with E-state index < -0.39 is 11.4 Å². The van der Waals surface area contributed by atoms with Crippen molar-refractivity contribution in [2.24, 2.45) is 0 Å². The molecule has 1 amide bonds. The maximum absolute atomic E-state index is 12.8. The first-order valence-electron chi connectivity index (χ1n) is 8.73. The summed E-state index contributed by atoms with van der Waals surface area (Å²) in [6, 6.07) is 11.0. The van der Waals surface area contributed by atoms with Crippen LogP contribution in [0.3, 0.4) is 0 Å². The van der Waals surface area contributed by atoms with Crippen LogP contribution in [0.15, 0.2) is 47.1 Å². The van der Waals surface area contributed by atoms with Crippen LogP contribution in [0, 0.1) is 0 Å². The summed E-state index contributed by atoms with van der Waals surface area (Å²) in [5, 5.41) is 9.85. The highest BCUT2D eigenvalue weighted by Crippen LogP contribution is 2.36. The summed E-state index contributed by atoms with van der Waals surface area (Å²) in [4.78, 5) is 26.5. The molecule has 1 aliphatic rings. The Labute approximate surface area is 147 Å². The molecule has 1 saturated heterocycles. The quantitative estimate of drug-likeness (QED) is 0.904. The number of carboxylic acids is 1. The molecule has 0 radical (unpaired) electrons. The molecule has 5 heteroatoms. The fourth-order valence-electron chi connectivity index (χ4n) is 3.60. The maximum atomic E-state index is 12.8. The first-order valence-corrected chi connectivity index (χ1v) is 8.73. The van der Waals surface area contributed by atoms with Gasteiger partial charge in [-0.15, -0.1) is 0 Å². The van der Waals surface area contributed by atoms with Crippen LogP contribution in [0.25, 0.3) is 0 Å². The number of likely N-dealkylation sites (tertiary alicyclic amines) is 1. The van der Waals surface area contributed by atoms with E-state index in [1.165, 1.54) is 0 Å².